The first-order valence-corrected chi connectivity index (χ1v) is 7.91. The standard InChI is InChI=1S/C17H26N2O2/c1-4-18-14-8-9-16(13(3)11-14)17(20)19(5-2)12-15-7-6-10-21-15/h8-9,11,15,18H,4-7,10,12H2,1-3H3. The van der Waals surface area contributed by atoms with Crippen molar-refractivity contribution in [2.24, 2.45) is 0 Å². The van der Waals surface area contributed by atoms with Crippen LogP contribution < -0.4 is 5.32 Å². The first-order valence-electron chi connectivity index (χ1n) is 7.91. The second-order valence-corrected chi connectivity index (χ2v) is 5.54. The number of nitrogens with zero attached hydrogens (tertiary/aromatic N) is 1. The van der Waals surface area contributed by atoms with Crippen molar-refractivity contribution in [2.45, 2.75) is 39.7 Å². The van der Waals surface area contributed by atoms with Crippen LogP contribution in [0.1, 0.15) is 42.6 Å². The first-order chi connectivity index (χ1) is 10.2. The fourth-order valence-electron chi connectivity index (χ4n) is 2.78. The minimum absolute atomic E-state index is 0.105. The van der Waals surface area contributed by atoms with E-state index >= 15 is 0 Å². The SMILES string of the molecule is CCNc1ccc(C(=O)N(CC)CC2CCCO2)c(C)c1. The van der Waals surface area contributed by atoms with Crippen molar-refractivity contribution in [3.63, 3.8) is 0 Å². The lowest BCUT2D eigenvalue weighted by Crippen LogP contribution is -2.37. The zero-order valence-corrected chi connectivity index (χ0v) is 13.3. The van der Waals surface area contributed by atoms with Gasteiger partial charge in [0.05, 0.1) is 6.10 Å². The summed E-state index contributed by atoms with van der Waals surface area (Å²) in [5.41, 5.74) is 2.87. The van der Waals surface area contributed by atoms with Crippen molar-refractivity contribution in [3.05, 3.63) is 29.3 Å². The van der Waals surface area contributed by atoms with E-state index < -0.39 is 0 Å². The average molecular weight is 290 g/mol. The van der Waals surface area contributed by atoms with E-state index in [9.17, 15) is 4.79 Å². The zero-order chi connectivity index (χ0) is 15.2. The Kier molecular flexibility index (Phi) is 5.62. The Bertz CT molecular complexity index is 482. The van der Waals surface area contributed by atoms with E-state index in [-0.39, 0.29) is 12.0 Å². The highest BCUT2D eigenvalue weighted by Gasteiger charge is 2.23. The monoisotopic (exact) mass is 290 g/mol. The number of anilines is 1. The molecular weight excluding hydrogens is 264 g/mol. The molecule has 1 N–H and O–H groups in total. The number of amides is 1. The van der Waals surface area contributed by atoms with Gasteiger partial charge in [-0.2, -0.15) is 0 Å². The molecule has 2 rings (SSSR count). The van der Waals surface area contributed by atoms with Gasteiger partial charge < -0.3 is 15.0 Å². The van der Waals surface area contributed by atoms with E-state index in [2.05, 4.69) is 12.2 Å². The maximum absolute atomic E-state index is 12.7. The predicted molar refractivity (Wildman–Crippen MR) is 85.9 cm³/mol. The summed E-state index contributed by atoms with van der Waals surface area (Å²) in [5, 5.41) is 3.27. The topological polar surface area (TPSA) is 41.6 Å². The lowest BCUT2D eigenvalue weighted by molar-refractivity contribution is 0.0538. The smallest absolute Gasteiger partial charge is 0.254 e. The summed E-state index contributed by atoms with van der Waals surface area (Å²) in [5.74, 6) is 0.105. The molecule has 0 aromatic heterocycles. The first kappa shape index (κ1) is 15.8. The Morgan fingerprint density at radius 2 is 2.24 bits per heavy atom. The van der Waals surface area contributed by atoms with Gasteiger partial charge in [-0.1, -0.05) is 0 Å². The summed E-state index contributed by atoms with van der Waals surface area (Å²) in [6.07, 6.45) is 2.37. The van der Waals surface area contributed by atoms with Gasteiger partial charge in [0.2, 0.25) is 0 Å². The molecule has 0 bridgehead atoms. The van der Waals surface area contributed by atoms with Crippen LogP contribution in [-0.2, 0) is 4.74 Å². The third kappa shape index (κ3) is 3.97. The highest BCUT2D eigenvalue weighted by molar-refractivity contribution is 5.96. The molecule has 0 radical (unpaired) electrons. The van der Waals surface area contributed by atoms with Crippen LogP contribution in [0.3, 0.4) is 0 Å². The van der Waals surface area contributed by atoms with E-state index in [1.165, 1.54) is 0 Å². The summed E-state index contributed by atoms with van der Waals surface area (Å²) in [4.78, 5) is 14.6. The second-order valence-electron chi connectivity index (χ2n) is 5.54. The Labute approximate surface area is 127 Å². The fourth-order valence-corrected chi connectivity index (χ4v) is 2.78. The molecule has 1 aliphatic rings. The predicted octanol–water partition coefficient (Wildman–Crippen LogP) is 3.07. The molecule has 1 atom stereocenters. The van der Waals surface area contributed by atoms with Crippen molar-refractivity contribution in [1.82, 2.24) is 4.90 Å². The highest BCUT2D eigenvalue weighted by atomic mass is 16.5. The van der Waals surface area contributed by atoms with Crippen molar-refractivity contribution >= 4 is 11.6 Å². The third-order valence-electron chi connectivity index (χ3n) is 3.95. The number of carbonyl (C=O) groups is 1. The molecule has 0 aliphatic carbocycles. The fraction of sp³-hybridized carbons (Fsp3) is 0.588. The molecule has 1 aliphatic heterocycles. The van der Waals surface area contributed by atoms with Crippen LogP contribution in [0, 0.1) is 6.92 Å². The lowest BCUT2D eigenvalue weighted by atomic mass is 10.1. The molecule has 4 heteroatoms. The van der Waals surface area contributed by atoms with Crippen molar-refractivity contribution in [2.75, 3.05) is 31.6 Å². The van der Waals surface area contributed by atoms with Crippen molar-refractivity contribution in [3.8, 4) is 0 Å². The van der Waals surface area contributed by atoms with Gasteiger partial charge in [-0.3, -0.25) is 4.79 Å². The zero-order valence-electron chi connectivity index (χ0n) is 13.3. The maximum Gasteiger partial charge on any atom is 0.254 e. The minimum Gasteiger partial charge on any atom is -0.385 e. The van der Waals surface area contributed by atoms with Crippen LogP contribution in [0.15, 0.2) is 18.2 Å². The number of likely N-dealkylation sites (N-methyl/N-ethyl adjacent to an activating group) is 1. The molecule has 1 aromatic carbocycles. The number of carbonyl (C=O) groups excluding carboxylic acids is 1. The summed E-state index contributed by atoms with van der Waals surface area (Å²) in [6.45, 7) is 9.20. The minimum atomic E-state index is 0.105. The quantitative estimate of drug-likeness (QED) is 0.875. The number of benzene rings is 1. The normalized spacial score (nSPS) is 17.8. The molecule has 1 amide bonds. The summed E-state index contributed by atoms with van der Waals surface area (Å²) in [7, 11) is 0. The molecule has 1 saturated heterocycles. The number of rotatable bonds is 6. The van der Waals surface area contributed by atoms with E-state index in [0.29, 0.717) is 13.1 Å². The molecule has 0 saturated carbocycles. The highest BCUT2D eigenvalue weighted by Crippen LogP contribution is 2.19. The van der Waals surface area contributed by atoms with Gasteiger partial charge in [0.15, 0.2) is 0 Å². The Morgan fingerprint density at radius 1 is 1.43 bits per heavy atom. The van der Waals surface area contributed by atoms with Gasteiger partial charge in [0.25, 0.3) is 5.91 Å². The summed E-state index contributed by atoms with van der Waals surface area (Å²) >= 11 is 0. The Morgan fingerprint density at radius 3 is 2.81 bits per heavy atom. The summed E-state index contributed by atoms with van der Waals surface area (Å²) < 4.78 is 5.65. The van der Waals surface area contributed by atoms with Crippen LogP contribution in [0.25, 0.3) is 0 Å². The molecule has 1 heterocycles. The number of nitrogens with one attached hydrogen (secondary N) is 1. The molecule has 21 heavy (non-hydrogen) atoms. The van der Waals surface area contributed by atoms with E-state index in [4.69, 9.17) is 4.74 Å². The number of hydrogen-bond donors (Lipinski definition) is 1. The van der Waals surface area contributed by atoms with E-state index in [1.54, 1.807) is 0 Å². The molecule has 1 fully saturated rings. The molecular formula is C17H26N2O2. The Hall–Kier alpha value is -1.55. The molecule has 116 valence electrons. The van der Waals surface area contributed by atoms with E-state index in [1.807, 2.05) is 36.9 Å². The van der Waals surface area contributed by atoms with Gasteiger partial charge in [0.1, 0.15) is 0 Å². The van der Waals surface area contributed by atoms with Crippen molar-refractivity contribution < 1.29 is 9.53 Å². The van der Waals surface area contributed by atoms with Gasteiger partial charge in [-0.05, 0) is 57.4 Å². The van der Waals surface area contributed by atoms with Gasteiger partial charge in [-0.25, -0.2) is 0 Å². The second kappa shape index (κ2) is 7.46. The number of hydrogen-bond acceptors (Lipinski definition) is 3. The van der Waals surface area contributed by atoms with Gasteiger partial charge >= 0.3 is 0 Å². The number of ether oxygens (including phenoxy) is 1. The molecule has 1 aromatic rings. The van der Waals surface area contributed by atoms with Crippen molar-refractivity contribution in [1.29, 1.82) is 0 Å². The molecule has 4 nitrogen and oxygen atoms in total. The van der Waals surface area contributed by atoms with Crippen LogP contribution in [0.4, 0.5) is 5.69 Å². The largest absolute Gasteiger partial charge is 0.385 e. The van der Waals surface area contributed by atoms with Gasteiger partial charge in [-0.15, -0.1) is 0 Å². The van der Waals surface area contributed by atoms with Crippen LogP contribution in [0.2, 0.25) is 0 Å². The average Bonchev–Trinajstić information content (AvgIpc) is 2.97. The van der Waals surface area contributed by atoms with Crippen LogP contribution in [0.5, 0.6) is 0 Å². The third-order valence-corrected chi connectivity index (χ3v) is 3.95. The maximum atomic E-state index is 12.7. The Balaban J connectivity index is 2.09. The van der Waals surface area contributed by atoms with Crippen LogP contribution in [-0.4, -0.2) is 43.2 Å². The van der Waals surface area contributed by atoms with Crippen LogP contribution >= 0.6 is 0 Å². The lowest BCUT2D eigenvalue weighted by Gasteiger charge is -2.25. The molecule has 1 unspecified atom stereocenters. The number of aryl methyl sites for hydroxylation is 1. The van der Waals surface area contributed by atoms with Gasteiger partial charge in [0, 0.05) is 37.5 Å². The van der Waals surface area contributed by atoms with E-state index in [0.717, 1.165) is 42.8 Å². The molecule has 0 spiro atoms. The summed E-state index contributed by atoms with van der Waals surface area (Å²) in [6, 6.07) is 5.94.